The number of hydrogen-bond acceptors (Lipinski definition) is 7. The van der Waals surface area contributed by atoms with Crippen molar-refractivity contribution in [3.05, 3.63) is 76.9 Å². The normalized spacial score (nSPS) is 13.1. The van der Waals surface area contributed by atoms with Crippen molar-refractivity contribution in [3.8, 4) is 5.75 Å². The summed E-state index contributed by atoms with van der Waals surface area (Å²) in [7, 11) is 0. The molecule has 0 N–H and O–H groups in total. The molecular formula is C31H40O7. The van der Waals surface area contributed by atoms with Gasteiger partial charge in [0.15, 0.2) is 11.6 Å². The van der Waals surface area contributed by atoms with Crippen LogP contribution in [0.4, 0.5) is 0 Å². The third kappa shape index (κ3) is 10.1. The second-order valence-corrected chi connectivity index (χ2v) is 10.1. The molecule has 7 heteroatoms. The first-order chi connectivity index (χ1) is 18.3. The van der Waals surface area contributed by atoms with Crippen molar-refractivity contribution in [3.63, 3.8) is 0 Å². The molecule has 0 fully saturated rings. The molecule has 0 spiro atoms. The van der Waals surface area contributed by atoms with Gasteiger partial charge in [-0.05, 0) is 59.7 Å². The summed E-state index contributed by atoms with van der Waals surface area (Å²) in [6, 6.07) is 13.7. The molecule has 7 nitrogen and oxygen atoms in total. The van der Waals surface area contributed by atoms with Crippen LogP contribution in [0.2, 0.25) is 0 Å². The topological polar surface area (TPSA) is 80.3 Å². The first-order valence-corrected chi connectivity index (χ1v) is 13.3. The SMILES string of the molecule is CC(C)(C)c1cccc(CCCOCCOCCOCCOCCOc2ccc3c(c2)C(=O)C=CC3=O)c1. The molecule has 3 rings (SSSR count). The lowest BCUT2D eigenvalue weighted by Gasteiger charge is -2.19. The van der Waals surface area contributed by atoms with Crippen LogP contribution < -0.4 is 4.74 Å². The van der Waals surface area contributed by atoms with Crippen molar-refractivity contribution in [2.24, 2.45) is 0 Å². The van der Waals surface area contributed by atoms with Crippen LogP contribution in [0.25, 0.3) is 0 Å². The Bertz CT molecular complexity index is 1070. The fraction of sp³-hybridized carbons (Fsp3) is 0.484. The van der Waals surface area contributed by atoms with E-state index in [9.17, 15) is 9.59 Å². The summed E-state index contributed by atoms with van der Waals surface area (Å²) in [4.78, 5) is 23.7. The lowest BCUT2D eigenvalue weighted by atomic mass is 9.86. The number of carbonyl (C=O) groups excluding carboxylic acids is 2. The minimum Gasteiger partial charge on any atom is -0.491 e. The fourth-order valence-corrected chi connectivity index (χ4v) is 3.91. The molecular weight excluding hydrogens is 484 g/mol. The number of fused-ring (bicyclic) bond motifs is 1. The largest absolute Gasteiger partial charge is 0.491 e. The van der Waals surface area contributed by atoms with Crippen LogP contribution in [0.5, 0.6) is 5.75 Å². The molecule has 0 aromatic heterocycles. The number of ketones is 2. The van der Waals surface area contributed by atoms with E-state index in [-0.39, 0.29) is 17.0 Å². The smallest absolute Gasteiger partial charge is 0.186 e. The van der Waals surface area contributed by atoms with Gasteiger partial charge < -0.3 is 23.7 Å². The predicted molar refractivity (Wildman–Crippen MR) is 146 cm³/mol. The van der Waals surface area contributed by atoms with Gasteiger partial charge in [0.25, 0.3) is 0 Å². The van der Waals surface area contributed by atoms with Crippen molar-refractivity contribution >= 4 is 11.6 Å². The van der Waals surface area contributed by atoms with Crippen LogP contribution in [-0.2, 0) is 30.8 Å². The molecule has 0 aliphatic heterocycles. The van der Waals surface area contributed by atoms with Gasteiger partial charge in [0, 0.05) is 17.7 Å². The van der Waals surface area contributed by atoms with Gasteiger partial charge >= 0.3 is 0 Å². The lowest BCUT2D eigenvalue weighted by Crippen LogP contribution is -2.14. The zero-order valence-corrected chi connectivity index (χ0v) is 22.8. The minimum atomic E-state index is -0.191. The molecule has 2 aromatic rings. The van der Waals surface area contributed by atoms with E-state index in [4.69, 9.17) is 23.7 Å². The predicted octanol–water partition coefficient (Wildman–Crippen LogP) is 5.00. The number of carbonyl (C=O) groups is 2. The summed E-state index contributed by atoms with van der Waals surface area (Å²) in [5.41, 5.74) is 3.67. The zero-order valence-electron chi connectivity index (χ0n) is 22.8. The first-order valence-electron chi connectivity index (χ1n) is 13.3. The number of hydrogen-bond donors (Lipinski definition) is 0. The molecule has 0 atom stereocenters. The molecule has 0 amide bonds. The van der Waals surface area contributed by atoms with E-state index in [0.29, 0.717) is 69.7 Å². The van der Waals surface area contributed by atoms with Crippen LogP contribution >= 0.6 is 0 Å². The Kier molecular flexibility index (Phi) is 12.2. The number of aryl methyl sites for hydroxylation is 1. The van der Waals surface area contributed by atoms with Crippen LogP contribution in [0.3, 0.4) is 0 Å². The van der Waals surface area contributed by atoms with E-state index >= 15 is 0 Å². The van der Waals surface area contributed by atoms with Crippen molar-refractivity contribution in [2.45, 2.75) is 39.0 Å². The number of allylic oxidation sites excluding steroid dienone is 2. The quantitative estimate of drug-likeness (QED) is 0.270. The summed E-state index contributed by atoms with van der Waals surface area (Å²) in [5.74, 6) is 0.174. The monoisotopic (exact) mass is 524 g/mol. The van der Waals surface area contributed by atoms with Crippen molar-refractivity contribution < 1.29 is 33.3 Å². The van der Waals surface area contributed by atoms with Gasteiger partial charge in [0.1, 0.15) is 12.4 Å². The number of ether oxygens (including phenoxy) is 5. The van der Waals surface area contributed by atoms with E-state index in [1.807, 2.05) is 0 Å². The second kappa shape index (κ2) is 15.5. The highest BCUT2D eigenvalue weighted by molar-refractivity contribution is 6.22. The lowest BCUT2D eigenvalue weighted by molar-refractivity contribution is -0.00473. The van der Waals surface area contributed by atoms with Gasteiger partial charge in [-0.1, -0.05) is 45.0 Å². The maximum Gasteiger partial charge on any atom is 0.186 e. The average molecular weight is 525 g/mol. The highest BCUT2D eigenvalue weighted by atomic mass is 16.6. The zero-order chi connectivity index (χ0) is 27.2. The number of rotatable bonds is 17. The van der Waals surface area contributed by atoms with E-state index < -0.39 is 0 Å². The van der Waals surface area contributed by atoms with Gasteiger partial charge in [-0.2, -0.15) is 0 Å². The third-order valence-electron chi connectivity index (χ3n) is 6.07. The first kappa shape index (κ1) is 29.7. The van der Waals surface area contributed by atoms with E-state index in [2.05, 4.69) is 45.0 Å². The third-order valence-corrected chi connectivity index (χ3v) is 6.07. The maximum absolute atomic E-state index is 11.9. The summed E-state index contributed by atoms with van der Waals surface area (Å²) >= 11 is 0. The summed E-state index contributed by atoms with van der Waals surface area (Å²) in [5, 5.41) is 0. The molecule has 0 radical (unpaired) electrons. The molecule has 0 heterocycles. The second-order valence-electron chi connectivity index (χ2n) is 10.1. The van der Waals surface area contributed by atoms with Crippen molar-refractivity contribution in [2.75, 3.05) is 59.5 Å². The molecule has 0 unspecified atom stereocenters. The van der Waals surface area contributed by atoms with E-state index in [0.717, 1.165) is 19.4 Å². The van der Waals surface area contributed by atoms with Crippen molar-refractivity contribution in [1.82, 2.24) is 0 Å². The Hall–Kier alpha value is -2.84. The molecule has 38 heavy (non-hydrogen) atoms. The Morgan fingerprint density at radius 2 is 1.21 bits per heavy atom. The van der Waals surface area contributed by atoms with Crippen LogP contribution in [0.1, 0.15) is 59.0 Å². The molecule has 206 valence electrons. The van der Waals surface area contributed by atoms with Gasteiger partial charge in [-0.15, -0.1) is 0 Å². The highest BCUT2D eigenvalue weighted by Gasteiger charge is 2.19. The summed E-state index contributed by atoms with van der Waals surface area (Å²) in [6.07, 6.45) is 4.58. The van der Waals surface area contributed by atoms with Crippen molar-refractivity contribution in [1.29, 1.82) is 0 Å². The fourth-order valence-electron chi connectivity index (χ4n) is 3.91. The van der Waals surface area contributed by atoms with Crippen LogP contribution in [0, 0.1) is 0 Å². The Morgan fingerprint density at radius 1 is 0.632 bits per heavy atom. The summed E-state index contributed by atoms with van der Waals surface area (Å²) < 4.78 is 27.8. The Balaban J connectivity index is 1.10. The average Bonchev–Trinajstić information content (AvgIpc) is 2.90. The standard InChI is InChI=1S/C31H40O7/c1-31(2,3)25-8-4-6-24(22-25)7-5-13-34-14-15-35-16-17-36-18-19-37-20-21-38-26-9-10-27-28(23-26)30(33)12-11-29(27)32/h4,6,8-12,22-23H,5,7,13-21H2,1-3H3. The Labute approximate surface area is 226 Å². The highest BCUT2D eigenvalue weighted by Crippen LogP contribution is 2.24. The van der Waals surface area contributed by atoms with E-state index in [1.165, 1.54) is 23.3 Å². The molecule has 2 aromatic carbocycles. The maximum atomic E-state index is 11.9. The van der Waals surface area contributed by atoms with Gasteiger partial charge in [0.2, 0.25) is 0 Å². The van der Waals surface area contributed by atoms with Gasteiger partial charge in [-0.25, -0.2) is 0 Å². The molecule has 0 bridgehead atoms. The molecule has 1 aliphatic rings. The number of benzene rings is 2. The summed E-state index contributed by atoms with van der Waals surface area (Å²) in [6.45, 7) is 11.2. The molecule has 1 aliphatic carbocycles. The molecule has 0 saturated heterocycles. The molecule has 0 saturated carbocycles. The van der Waals surface area contributed by atoms with Gasteiger partial charge in [0.05, 0.1) is 46.2 Å². The van der Waals surface area contributed by atoms with Crippen LogP contribution in [-0.4, -0.2) is 71.0 Å². The van der Waals surface area contributed by atoms with Crippen LogP contribution in [0.15, 0.2) is 54.6 Å². The van der Waals surface area contributed by atoms with Gasteiger partial charge in [-0.3, -0.25) is 9.59 Å². The van der Waals surface area contributed by atoms with E-state index in [1.54, 1.807) is 18.2 Å². The minimum absolute atomic E-state index is 0.169. The Morgan fingerprint density at radius 3 is 1.84 bits per heavy atom.